The number of aliphatic hydroxyl groups excluding tert-OH is 1. The highest BCUT2D eigenvalue weighted by molar-refractivity contribution is 9.10. The summed E-state index contributed by atoms with van der Waals surface area (Å²) in [5, 5.41) is 9.34. The first-order valence-corrected chi connectivity index (χ1v) is 5.86. The zero-order chi connectivity index (χ0) is 10.8. The van der Waals surface area contributed by atoms with Crippen molar-refractivity contribution in [1.82, 2.24) is 9.97 Å². The smallest absolute Gasteiger partial charge is 0.133 e. The zero-order valence-electron chi connectivity index (χ0n) is 8.60. The van der Waals surface area contributed by atoms with Crippen LogP contribution in [0.15, 0.2) is 17.0 Å². The van der Waals surface area contributed by atoms with Crippen molar-refractivity contribution in [3.63, 3.8) is 0 Å². The fraction of sp³-hybridized carbons (Fsp3) is 0.600. The van der Waals surface area contributed by atoms with Crippen LogP contribution in [0.5, 0.6) is 0 Å². The van der Waals surface area contributed by atoms with Crippen LogP contribution in [0.2, 0.25) is 0 Å². The molecule has 5 heteroatoms. The molecule has 2 atom stereocenters. The number of hydrogen-bond acceptors (Lipinski definition) is 4. The van der Waals surface area contributed by atoms with E-state index in [2.05, 4.69) is 37.7 Å². The van der Waals surface area contributed by atoms with Gasteiger partial charge < -0.3 is 10.0 Å². The van der Waals surface area contributed by atoms with E-state index in [0.717, 1.165) is 23.4 Å². The number of anilines is 1. The summed E-state index contributed by atoms with van der Waals surface area (Å²) < 4.78 is 0.781. The van der Waals surface area contributed by atoms with Crippen LogP contribution in [0.3, 0.4) is 0 Å². The minimum absolute atomic E-state index is 0.183. The Morgan fingerprint density at radius 2 is 2.40 bits per heavy atom. The van der Waals surface area contributed by atoms with E-state index >= 15 is 0 Å². The first-order valence-electron chi connectivity index (χ1n) is 5.07. The molecular weight excluding hydrogens is 258 g/mol. The number of rotatable bonds is 2. The maximum absolute atomic E-state index is 9.34. The molecule has 1 N–H and O–H groups in total. The van der Waals surface area contributed by atoms with Crippen molar-refractivity contribution in [1.29, 1.82) is 0 Å². The molecule has 2 unspecified atom stereocenters. The van der Waals surface area contributed by atoms with E-state index in [0.29, 0.717) is 5.92 Å². The predicted octanol–water partition coefficient (Wildman–Crippen LogP) is 1.45. The van der Waals surface area contributed by atoms with E-state index in [1.165, 1.54) is 6.33 Å². The standard InChI is InChI=1S/C10H14BrN3O/c1-7-2-3-14(8(7)5-15)10-4-9(11)12-6-13-10/h4,6-8,15H,2-3,5H2,1H3. The second-order valence-corrected chi connectivity index (χ2v) is 4.72. The summed E-state index contributed by atoms with van der Waals surface area (Å²) in [5.74, 6) is 1.41. The Bertz CT molecular complexity index is 347. The molecular formula is C10H14BrN3O. The number of nitrogens with zero attached hydrogens (tertiary/aromatic N) is 3. The molecule has 1 aromatic rings. The van der Waals surface area contributed by atoms with E-state index in [-0.39, 0.29) is 12.6 Å². The maximum Gasteiger partial charge on any atom is 0.133 e. The fourth-order valence-corrected chi connectivity index (χ4v) is 2.35. The second kappa shape index (κ2) is 4.45. The Hall–Kier alpha value is -0.680. The molecule has 2 rings (SSSR count). The summed E-state index contributed by atoms with van der Waals surface area (Å²) in [4.78, 5) is 10.4. The molecule has 1 saturated heterocycles. The molecule has 4 nitrogen and oxygen atoms in total. The average molecular weight is 272 g/mol. The number of halogens is 1. The first-order chi connectivity index (χ1) is 7.22. The summed E-state index contributed by atoms with van der Waals surface area (Å²) in [6.07, 6.45) is 2.64. The number of aromatic nitrogens is 2. The molecule has 0 saturated carbocycles. The van der Waals surface area contributed by atoms with E-state index < -0.39 is 0 Å². The normalized spacial score (nSPS) is 25.9. The van der Waals surface area contributed by atoms with Crippen molar-refractivity contribution in [2.24, 2.45) is 5.92 Å². The van der Waals surface area contributed by atoms with Gasteiger partial charge in [0.1, 0.15) is 16.7 Å². The summed E-state index contributed by atoms with van der Waals surface area (Å²) >= 11 is 3.33. The lowest BCUT2D eigenvalue weighted by atomic mass is 10.0. The lowest BCUT2D eigenvalue weighted by Crippen LogP contribution is -2.35. The van der Waals surface area contributed by atoms with Crippen LogP contribution in [0.4, 0.5) is 5.82 Å². The molecule has 0 aliphatic carbocycles. The van der Waals surface area contributed by atoms with Crippen LogP contribution < -0.4 is 4.90 Å². The third-order valence-electron chi connectivity index (χ3n) is 2.98. The zero-order valence-corrected chi connectivity index (χ0v) is 10.2. The second-order valence-electron chi connectivity index (χ2n) is 3.91. The van der Waals surface area contributed by atoms with Crippen LogP contribution in [0.25, 0.3) is 0 Å². The minimum Gasteiger partial charge on any atom is -0.394 e. The highest BCUT2D eigenvalue weighted by atomic mass is 79.9. The number of hydrogen-bond donors (Lipinski definition) is 1. The number of aliphatic hydroxyl groups is 1. The van der Waals surface area contributed by atoms with Gasteiger partial charge in [-0.2, -0.15) is 0 Å². The van der Waals surface area contributed by atoms with Crippen molar-refractivity contribution in [3.8, 4) is 0 Å². The van der Waals surface area contributed by atoms with Gasteiger partial charge in [0.05, 0.1) is 12.6 Å². The molecule has 2 heterocycles. The molecule has 1 aliphatic rings. The van der Waals surface area contributed by atoms with Crippen molar-refractivity contribution >= 4 is 21.7 Å². The van der Waals surface area contributed by atoms with Crippen LogP contribution >= 0.6 is 15.9 Å². The summed E-state index contributed by atoms with van der Waals surface area (Å²) in [7, 11) is 0. The van der Waals surface area contributed by atoms with E-state index in [9.17, 15) is 5.11 Å². The van der Waals surface area contributed by atoms with Gasteiger partial charge in [0, 0.05) is 12.6 Å². The molecule has 0 amide bonds. The van der Waals surface area contributed by atoms with E-state index in [1.54, 1.807) is 0 Å². The molecule has 15 heavy (non-hydrogen) atoms. The first kappa shape index (κ1) is 10.8. The lowest BCUT2D eigenvalue weighted by molar-refractivity contribution is 0.244. The van der Waals surface area contributed by atoms with Crippen molar-refractivity contribution in [2.45, 2.75) is 19.4 Å². The van der Waals surface area contributed by atoms with Crippen LogP contribution in [0.1, 0.15) is 13.3 Å². The van der Waals surface area contributed by atoms with Gasteiger partial charge in [-0.25, -0.2) is 9.97 Å². The van der Waals surface area contributed by atoms with Gasteiger partial charge in [-0.1, -0.05) is 6.92 Å². The van der Waals surface area contributed by atoms with Crippen LogP contribution in [0, 0.1) is 5.92 Å². The third kappa shape index (κ3) is 2.13. The fourth-order valence-electron chi connectivity index (χ4n) is 2.05. The monoisotopic (exact) mass is 271 g/mol. The largest absolute Gasteiger partial charge is 0.394 e. The lowest BCUT2D eigenvalue weighted by Gasteiger charge is -2.25. The Kier molecular flexibility index (Phi) is 3.21. The molecule has 1 aromatic heterocycles. The molecule has 82 valence electrons. The van der Waals surface area contributed by atoms with Crippen molar-refractivity contribution in [3.05, 3.63) is 17.0 Å². The Labute approximate surface area is 97.5 Å². The van der Waals surface area contributed by atoms with Crippen molar-refractivity contribution < 1.29 is 5.11 Å². The molecule has 0 spiro atoms. The van der Waals surface area contributed by atoms with Crippen LogP contribution in [-0.2, 0) is 0 Å². The highest BCUT2D eigenvalue weighted by Gasteiger charge is 2.31. The van der Waals surface area contributed by atoms with Gasteiger partial charge >= 0.3 is 0 Å². The molecule has 0 bridgehead atoms. The van der Waals surface area contributed by atoms with Gasteiger partial charge in [-0.3, -0.25) is 0 Å². The Morgan fingerprint density at radius 1 is 1.60 bits per heavy atom. The molecule has 1 fully saturated rings. The Balaban J connectivity index is 2.23. The van der Waals surface area contributed by atoms with Gasteiger partial charge in [-0.15, -0.1) is 0 Å². The topological polar surface area (TPSA) is 49.2 Å². The Morgan fingerprint density at radius 3 is 3.07 bits per heavy atom. The third-order valence-corrected chi connectivity index (χ3v) is 3.42. The predicted molar refractivity (Wildman–Crippen MR) is 61.7 cm³/mol. The molecule has 0 radical (unpaired) electrons. The summed E-state index contributed by atoms with van der Waals surface area (Å²) in [6.45, 7) is 3.30. The molecule has 1 aliphatic heterocycles. The van der Waals surface area contributed by atoms with Gasteiger partial charge in [-0.05, 0) is 28.3 Å². The summed E-state index contributed by atoms with van der Waals surface area (Å²) in [6, 6.07) is 2.08. The SMILES string of the molecule is CC1CCN(c2cc(Br)ncn2)C1CO. The van der Waals surface area contributed by atoms with Gasteiger partial charge in [0.2, 0.25) is 0 Å². The minimum atomic E-state index is 0.183. The van der Waals surface area contributed by atoms with Gasteiger partial charge in [0.25, 0.3) is 0 Å². The van der Waals surface area contributed by atoms with E-state index in [1.807, 2.05) is 6.07 Å². The van der Waals surface area contributed by atoms with E-state index in [4.69, 9.17) is 0 Å². The average Bonchev–Trinajstić information content (AvgIpc) is 2.59. The van der Waals surface area contributed by atoms with Gasteiger partial charge in [0.15, 0.2) is 0 Å². The maximum atomic E-state index is 9.34. The summed E-state index contributed by atoms with van der Waals surface area (Å²) in [5.41, 5.74) is 0. The quantitative estimate of drug-likeness (QED) is 0.828. The van der Waals surface area contributed by atoms with Crippen molar-refractivity contribution in [2.75, 3.05) is 18.1 Å². The molecule has 0 aromatic carbocycles. The highest BCUT2D eigenvalue weighted by Crippen LogP contribution is 2.28. The van der Waals surface area contributed by atoms with Crippen LogP contribution in [-0.4, -0.2) is 34.3 Å².